The van der Waals surface area contributed by atoms with Gasteiger partial charge in [-0.25, -0.2) is 0 Å². The Hall–Kier alpha value is -2.25. The Morgan fingerprint density at radius 1 is 1.18 bits per heavy atom. The lowest BCUT2D eigenvalue weighted by Gasteiger charge is -2.44. The maximum Gasteiger partial charge on any atom is 0.208 e. The first-order valence-electron chi connectivity index (χ1n) is 9.49. The maximum absolute atomic E-state index is 12.9. The zero-order valence-corrected chi connectivity index (χ0v) is 17.5. The van der Waals surface area contributed by atoms with Crippen LogP contribution in [-0.2, 0) is 0 Å². The molecule has 2 aliphatic rings. The predicted octanol–water partition coefficient (Wildman–Crippen LogP) is 4.89. The second-order valence-electron chi connectivity index (χ2n) is 7.69. The highest BCUT2D eigenvalue weighted by Crippen LogP contribution is 2.42. The largest absolute Gasteiger partial charge is 0.486 e. The molecule has 5 rings (SSSR count). The van der Waals surface area contributed by atoms with Crippen molar-refractivity contribution in [3.63, 3.8) is 0 Å². The summed E-state index contributed by atoms with van der Waals surface area (Å²) in [5.74, 6) is 0.973. The molecule has 1 spiro atoms. The quantitative estimate of drug-likeness (QED) is 0.601. The Bertz CT molecular complexity index is 1030. The number of aryl methyl sites for hydroxylation is 2. The summed E-state index contributed by atoms with van der Waals surface area (Å²) in [6.07, 6.45) is 2.10. The van der Waals surface area contributed by atoms with Crippen LogP contribution in [0.3, 0.4) is 0 Å². The zero-order chi connectivity index (χ0) is 19.3. The van der Waals surface area contributed by atoms with E-state index >= 15 is 0 Å². The lowest BCUT2D eigenvalue weighted by Crippen LogP contribution is -2.51. The van der Waals surface area contributed by atoms with Crippen molar-refractivity contribution in [1.82, 2.24) is 10.2 Å². The number of rotatable bonds is 2. The molecule has 144 valence electrons. The Morgan fingerprint density at radius 2 is 2.00 bits per heavy atom. The van der Waals surface area contributed by atoms with Crippen LogP contribution in [0.2, 0.25) is 0 Å². The van der Waals surface area contributed by atoms with Crippen molar-refractivity contribution in [3.8, 4) is 15.6 Å². The number of ketones is 1. The number of carbonyl (C=O) groups is 1. The Balaban J connectivity index is 1.34. The molecule has 4 heterocycles. The van der Waals surface area contributed by atoms with Gasteiger partial charge in [0.05, 0.1) is 16.9 Å². The molecule has 0 bridgehead atoms. The van der Waals surface area contributed by atoms with Gasteiger partial charge < -0.3 is 9.64 Å². The van der Waals surface area contributed by atoms with Crippen molar-refractivity contribution in [2.24, 2.45) is 0 Å². The number of thiophene rings is 1. The molecule has 2 aliphatic heterocycles. The van der Waals surface area contributed by atoms with Crippen molar-refractivity contribution >= 4 is 33.6 Å². The molecule has 2 aromatic heterocycles. The number of piperidine rings is 1. The van der Waals surface area contributed by atoms with E-state index < -0.39 is 0 Å². The van der Waals surface area contributed by atoms with Crippen LogP contribution in [0.15, 0.2) is 29.6 Å². The summed E-state index contributed by atoms with van der Waals surface area (Å²) in [4.78, 5) is 16.3. The summed E-state index contributed by atoms with van der Waals surface area (Å²) < 4.78 is 6.46. The maximum atomic E-state index is 12.9. The highest BCUT2D eigenvalue weighted by atomic mass is 32.1. The first-order chi connectivity index (χ1) is 13.5. The molecule has 28 heavy (non-hydrogen) atoms. The Labute approximate surface area is 172 Å². The standard InChI is InChI=1S/C21H21N3O2S2/c1-13-10-14(2)18-15(25)12-21(26-16(18)11-13)5-7-24(8-6-21)20-23-22-19(28-20)17-4-3-9-27-17/h3-4,9-11H,5-8,12H2,1-2H3. The van der Waals surface area contributed by atoms with E-state index in [9.17, 15) is 4.79 Å². The second-order valence-corrected chi connectivity index (χ2v) is 9.60. The van der Waals surface area contributed by atoms with Gasteiger partial charge in [-0.05, 0) is 42.5 Å². The normalized spacial score (nSPS) is 18.2. The minimum Gasteiger partial charge on any atom is -0.486 e. The molecule has 0 atom stereocenters. The van der Waals surface area contributed by atoms with Crippen molar-refractivity contribution in [2.75, 3.05) is 18.0 Å². The van der Waals surface area contributed by atoms with E-state index in [0.29, 0.717) is 6.42 Å². The Kier molecular flexibility index (Phi) is 4.25. The molecule has 5 nitrogen and oxygen atoms in total. The van der Waals surface area contributed by atoms with Crippen LogP contribution in [0, 0.1) is 13.8 Å². The molecule has 7 heteroatoms. The van der Waals surface area contributed by atoms with Crippen LogP contribution in [0.5, 0.6) is 5.75 Å². The smallest absolute Gasteiger partial charge is 0.208 e. The monoisotopic (exact) mass is 411 g/mol. The molecule has 0 aliphatic carbocycles. The molecule has 1 aromatic carbocycles. The molecular weight excluding hydrogens is 390 g/mol. The van der Waals surface area contributed by atoms with Crippen LogP contribution in [-0.4, -0.2) is 34.7 Å². The van der Waals surface area contributed by atoms with Crippen molar-refractivity contribution < 1.29 is 9.53 Å². The zero-order valence-electron chi connectivity index (χ0n) is 15.9. The molecule has 0 saturated carbocycles. The number of fused-ring (bicyclic) bond motifs is 1. The van der Waals surface area contributed by atoms with Gasteiger partial charge in [0.2, 0.25) is 5.13 Å². The van der Waals surface area contributed by atoms with E-state index in [-0.39, 0.29) is 11.4 Å². The van der Waals surface area contributed by atoms with Gasteiger partial charge in [0.1, 0.15) is 11.4 Å². The molecule has 1 fully saturated rings. The van der Waals surface area contributed by atoms with Gasteiger partial charge in [-0.15, -0.1) is 21.5 Å². The van der Waals surface area contributed by atoms with Crippen LogP contribution in [0.4, 0.5) is 5.13 Å². The number of anilines is 1. The third-order valence-electron chi connectivity index (χ3n) is 5.62. The molecule has 0 radical (unpaired) electrons. The highest BCUT2D eigenvalue weighted by Gasteiger charge is 2.43. The van der Waals surface area contributed by atoms with Gasteiger partial charge >= 0.3 is 0 Å². The number of ether oxygens (including phenoxy) is 1. The first-order valence-corrected chi connectivity index (χ1v) is 11.2. The van der Waals surface area contributed by atoms with E-state index in [1.807, 2.05) is 26.0 Å². The van der Waals surface area contributed by atoms with Gasteiger partial charge in [0.25, 0.3) is 0 Å². The number of nitrogens with zero attached hydrogens (tertiary/aromatic N) is 3. The lowest BCUT2D eigenvalue weighted by atomic mass is 9.81. The summed E-state index contributed by atoms with van der Waals surface area (Å²) in [6, 6.07) is 8.17. The number of aromatic nitrogens is 2. The van der Waals surface area contributed by atoms with E-state index in [1.165, 1.54) is 0 Å². The van der Waals surface area contributed by atoms with Crippen LogP contribution >= 0.6 is 22.7 Å². The number of hydrogen-bond donors (Lipinski definition) is 0. The van der Waals surface area contributed by atoms with Crippen molar-refractivity contribution in [2.45, 2.75) is 38.7 Å². The van der Waals surface area contributed by atoms with Gasteiger partial charge in [-0.2, -0.15) is 0 Å². The van der Waals surface area contributed by atoms with E-state index in [2.05, 4.69) is 32.6 Å². The third-order valence-corrected chi connectivity index (χ3v) is 7.65. The number of Topliss-reactive ketones (excluding diaryl/α,β-unsaturated/α-hetero) is 1. The Morgan fingerprint density at radius 3 is 2.75 bits per heavy atom. The molecular formula is C21H21N3O2S2. The van der Waals surface area contributed by atoms with E-state index in [4.69, 9.17) is 4.74 Å². The van der Waals surface area contributed by atoms with E-state index in [1.54, 1.807) is 22.7 Å². The fraction of sp³-hybridized carbons (Fsp3) is 0.381. The summed E-state index contributed by atoms with van der Waals surface area (Å²) in [7, 11) is 0. The molecule has 0 amide bonds. The summed E-state index contributed by atoms with van der Waals surface area (Å²) >= 11 is 3.31. The fourth-order valence-corrected chi connectivity index (χ4v) is 5.93. The average Bonchev–Trinajstić information content (AvgIpc) is 3.33. The van der Waals surface area contributed by atoms with E-state index in [0.717, 1.165) is 63.4 Å². The molecule has 0 N–H and O–H groups in total. The number of carbonyl (C=O) groups excluding carboxylic acids is 1. The fourth-order valence-electron chi connectivity index (χ4n) is 4.24. The van der Waals surface area contributed by atoms with Crippen LogP contribution in [0.25, 0.3) is 9.88 Å². The molecule has 1 saturated heterocycles. The van der Waals surface area contributed by atoms with Crippen LogP contribution < -0.4 is 9.64 Å². The SMILES string of the molecule is Cc1cc(C)c2c(c1)OC1(CCN(c3nnc(-c4cccs4)s3)CC1)CC2=O. The number of hydrogen-bond acceptors (Lipinski definition) is 7. The predicted molar refractivity (Wildman–Crippen MR) is 113 cm³/mol. The van der Waals surface area contributed by atoms with Crippen molar-refractivity contribution in [1.29, 1.82) is 0 Å². The highest BCUT2D eigenvalue weighted by molar-refractivity contribution is 7.22. The van der Waals surface area contributed by atoms with Gasteiger partial charge in [-0.1, -0.05) is 23.5 Å². The first kappa shape index (κ1) is 17.8. The number of benzene rings is 1. The lowest BCUT2D eigenvalue weighted by molar-refractivity contribution is 0.0230. The van der Waals surface area contributed by atoms with Crippen LogP contribution in [0.1, 0.15) is 40.7 Å². The molecule has 3 aromatic rings. The van der Waals surface area contributed by atoms with Gasteiger partial charge in [0, 0.05) is 25.9 Å². The topological polar surface area (TPSA) is 55.3 Å². The average molecular weight is 412 g/mol. The second kappa shape index (κ2) is 6.67. The molecule has 0 unspecified atom stereocenters. The van der Waals surface area contributed by atoms with Gasteiger partial charge in [0.15, 0.2) is 10.8 Å². The van der Waals surface area contributed by atoms with Gasteiger partial charge in [-0.3, -0.25) is 4.79 Å². The summed E-state index contributed by atoms with van der Waals surface area (Å²) in [5.41, 5.74) is 2.53. The minimum absolute atomic E-state index is 0.211. The third kappa shape index (κ3) is 3.02. The minimum atomic E-state index is -0.387. The van der Waals surface area contributed by atoms with Crippen molar-refractivity contribution in [3.05, 3.63) is 46.3 Å². The summed E-state index contributed by atoms with van der Waals surface area (Å²) in [5, 5.41) is 12.7. The summed E-state index contributed by atoms with van der Waals surface area (Å²) in [6.45, 7) is 5.69.